The van der Waals surface area contributed by atoms with Crippen LogP contribution in [0.1, 0.15) is 28.8 Å². The number of carbonyl (C=O) groups is 1. The van der Waals surface area contributed by atoms with Crippen molar-refractivity contribution in [2.45, 2.75) is 25.3 Å². The van der Waals surface area contributed by atoms with Crippen molar-refractivity contribution in [2.24, 2.45) is 22.9 Å². The molecular weight excluding hydrogens is 428 g/mol. The molecule has 2 aromatic carbocycles. The first-order valence-electron chi connectivity index (χ1n) is 11.5. The van der Waals surface area contributed by atoms with Gasteiger partial charge in [-0.05, 0) is 55.9 Å². The molecule has 2 aromatic heterocycles. The fourth-order valence-corrected chi connectivity index (χ4v) is 5.50. The van der Waals surface area contributed by atoms with Gasteiger partial charge in [0.05, 0.1) is 35.3 Å². The largest absolute Gasteiger partial charge is 0.368 e. The maximum atomic E-state index is 14.1. The van der Waals surface area contributed by atoms with Crippen LogP contribution in [0, 0.1) is 30.2 Å². The summed E-state index contributed by atoms with van der Waals surface area (Å²) in [7, 11) is 0. The predicted octanol–water partition coefficient (Wildman–Crippen LogP) is 4.24. The minimum absolute atomic E-state index is 0.102. The molecule has 0 aliphatic heterocycles. The summed E-state index contributed by atoms with van der Waals surface area (Å²) in [6, 6.07) is 13.4. The van der Waals surface area contributed by atoms with Crippen LogP contribution in [0.5, 0.6) is 0 Å². The molecule has 0 radical (unpaired) electrons. The van der Waals surface area contributed by atoms with Crippen molar-refractivity contribution >= 4 is 22.6 Å². The SMILES string of the molecule is Cc1ccc(-n2nccn2)c(C(=O)C2(N=N)CC3CC3C2CNc2cnc3ccccc3n2)c1. The van der Waals surface area contributed by atoms with Crippen LogP contribution in [-0.4, -0.2) is 42.8 Å². The summed E-state index contributed by atoms with van der Waals surface area (Å²) in [6.45, 7) is 2.45. The number of anilines is 1. The van der Waals surface area contributed by atoms with Crippen LogP contribution in [0.4, 0.5) is 5.82 Å². The molecule has 2 fully saturated rings. The summed E-state index contributed by atoms with van der Waals surface area (Å²) in [6.07, 6.45) is 6.55. The molecule has 4 aromatic rings. The predicted molar refractivity (Wildman–Crippen MR) is 126 cm³/mol. The van der Waals surface area contributed by atoms with Crippen LogP contribution < -0.4 is 5.32 Å². The molecule has 2 N–H and O–H groups in total. The lowest BCUT2D eigenvalue weighted by Gasteiger charge is -2.32. The van der Waals surface area contributed by atoms with Crippen molar-refractivity contribution in [1.29, 1.82) is 5.53 Å². The highest BCUT2D eigenvalue weighted by Gasteiger charge is 2.64. The van der Waals surface area contributed by atoms with Gasteiger partial charge in [0.25, 0.3) is 0 Å². The summed E-state index contributed by atoms with van der Waals surface area (Å²) in [5, 5.41) is 15.9. The third kappa shape index (κ3) is 3.27. The zero-order valence-corrected chi connectivity index (χ0v) is 18.7. The van der Waals surface area contributed by atoms with Gasteiger partial charge in [0, 0.05) is 18.0 Å². The first-order valence-corrected chi connectivity index (χ1v) is 11.5. The molecule has 2 aliphatic rings. The van der Waals surface area contributed by atoms with Crippen LogP contribution in [-0.2, 0) is 0 Å². The second-order valence-corrected chi connectivity index (χ2v) is 9.30. The first kappa shape index (κ1) is 20.6. The standard InChI is InChI=1S/C25H24N8O/c1-15-6-7-22(33-29-8-9-30-33)18(10-15)24(34)25(32-26)12-16-11-17(16)19(25)13-28-23-14-27-20-4-2-3-5-21(20)31-23/h2-10,14,16-17,19,26H,11-13H2,1H3,(H,28,31). The Balaban J connectivity index is 1.33. The molecule has 0 spiro atoms. The molecular formula is C25H24N8O. The number of fused-ring (bicyclic) bond motifs is 2. The van der Waals surface area contributed by atoms with Gasteiger partial charge in [-0.25, -0.2) is 10.5 Å². The Bertz CT molecular complexity index is 1400. The van der Waals surface area contributed by atoms with Gasteiger partial charge in [-0.15, -0.1) is 0 Å². The maximum absolute atomic E-state index is 14.1. The zero-order chi connectivity index (χ0) is 23.3. The van der Waals surface area contributed by atoms with Crippen LogP contribution in [0.3, 0.4) is 0 Å². The van der Waals surface area contributed by atoms with Crippen molar-refractivity contribution < 1.29 is 4.79 Å². The lowest BCUT2D eigenvalue weighted by molar-refractivity contribution is 0.0825. The molecule has 2 saturated carbocycles. The molecule has 2 heterocycles. The van der Waals surface area contributed by atoms with E-state index in [0.29, 0.717) is 41.9 Å². The zero-order valence-electron chi connectivity index (χ0n) is 18.7. The van der Waals surface area contributed by atoms with E-state index in [1.807, 2.05) is 49.4 Å². The van der Waals surface area contributed by atoms with E-state index in [4.69, 9.17) is 5.53 Å². The highest BCUT2D eigenvalue weighted by atomic mass is 16.1. The first-order chi connectivity index (χ1) is 16.6. The lowest BCUT2D eigenvalue weighted by Crippen LogP contribution is -2.45. The van der Waals surface area contributed by atoms with Crippen LogP contribution in [0.25, 0.3) is 16.7 Å². The quantitative estimate of drug-likeness (QED) is 0.319. The minimum atomic E-state index is -1.11. The summed E-state index contributed by atoms with van der Waals surface area (Å²) in [5.74, 6) is 1.21. The van der Waals surface area contributed by atoms with Gasteiger partial charge in [0.15, 0.2) is 5.78 Å². The Morgan fingerprint density at radius 1 is 1.21 bits per heavy atom. The van der Waals surface area contributed by atoms with E-state index in [2.05, 4.69) is 30.6 Å². The Morgan fingerprint density at radius 3 is 2.79 bits per heavy atom. The van der Waals surface area contributed by atoms with E-state index < -0.39 is 5.54 Å². The number of carbonyl (C=O) groups excluding carboxylic acids is 1. The Kier molecular flexibility index (Phi) is 4.72. The third-order valence-corrected chi connectivity index (χ3v) is 7.26. The monoisotopic (exact) mass is 452 g/mol. The molecule has 4 unspecified atom stereocenters. The summed E-state index contributed by atoms with van der Waals surface area (Å²) in [4.78, 5) is 24.7. The second-order valence-electron chi connectivity index (χ2n) is 9.30. The summed E-state index contributed by atoms with van der Waals surface area (Å²) < 4.78 is 0. The summed E-state index contributed by atoms with van der Waals surface area (Å²) in [5.41, 5.74) is 10.8. The number of hydrogen-bond donors (Lipinski definition) is 2. The van der Waals surface area contributed by atoms with Gasteiger partial charge in [0.1, 0.15) is 11.4 Å². The topological polar surface area (TPSA) is 122 Å². The third-order valence-electron chi connectivity index (χ3n) is 7.26. The Labute approximate surface area is 196 Å². The van der Waals surface area contributed by atoms with Gasteiger partial charge in [-0.1, -0.05) is 23.8 Å². The van der Waals surface area contributed by atoms with Gasteiger partial charge in [0.2, 0.25) is 0 Å². The molecule has 2 aliphatic carbocycles. The van der Waals surface area contributed by atoms with E-state index in [0.717, 1.165) is 23.0 Å². The number of hydrogen-bond acceptors (Lipinski definition) is 8. The molecule has 170 valence electrons. The van der Waals surface area contributed by atoms with Crippen LogP contribution in [0.2, 0.25) is 0 Å². The summed E-state index contributed by atoms with van der Waals surface area (Å²) >= 11 is 0. The average Bonchev–Trinajstić information content (AvgIpc) is 3.27. The van der Waals surface area contributed by atoms with Crippen molar-refractivity contribution in [3.63, 3.8) is 0 Å². The van der Waals surface area contributed by atoms with E-state index in [1.54, 1.807) is 18.6 Å². The van der Waals surface area contributed by atoms with Crippen LogP contribution >= 0.6 is 0 Å². The molecule has 0 saturated heterocycles. The van der Waals surface area contributed by atoms with E-state index in [9.17, 15) is 4.79 Å². The molecule has 0 bridgehead atoms. The number of Topliss-reactive ketones (excluding diaryl/α,β-unsaturated/α-hetero) is 1. The molecule has 4 atom stereocenters. The molecule has 9 nitrogen and oxygen atoms in total. The van der Waals surface area contributed by atoms with E-state index >= 15 is 0 Å². The number of aryl methyl sites for hydroxylation is 1. The lowest BCUT2D eigenvalue weighted by atomic mass is 9.77. The van der Waals surface area contributed by atoms with Crippen molar-refractivity contribution in [2.75, 3.05) is 11.9 Å². The molecule has 0 amide bonds. The minimum Gasteiger partial charge on any atom is -0.368 e. The van der Waals surface area contributed by atoms with Gasteiger partial charge >= 0.3 is 0 Å². The number of benzene rings is 2. The second kappa shape index (κ2) is 7.79. The number of nitrogens with one attached hydrogen (secondary N) is 2. The number of rotatable bonds is 7. The number of aromatic nitrogens is 5. The van der Waals surface area contributed by atoms with Gasteiger partial charge < -0.3 is 5.32 Å². The van der Waals surface area contributed by atoms with Crippen molar-refractivity contribution in [3.8, 4) is 5.69 Å². The normalized spacial score (nSPS) is 25.1. The number of ketones is 1. The van der Waals surface area contributed by atoms with Crippen molar-refractivity contribution in [3.05, 3.63) is 72.2 Å². The molecule has 34 heavy (non-hydrogen) atoms. The smallest absolute Gasteiger partial charge is 0.194 e. The molecule has 9 heteroatoms. The van der Waals surface area contributed by atoms with Gasteiger partial charge in [-0.3, -0.25) is 9.78 Å². The average molecular weight is 453 g/mol. The van der Waals surface area contributed by atoms with Crippen molar-refractivity contribution in [1.82, 2.24) is 25.0 Å². The van der Waals surface area contributed by atoms with Crippen LogP contribution in [0.15, 0.2) is 66.2 Å². The van der Waals surface area contributed by atoms with E-state index in [-0.39, 0.29) is 11.7 Å². The number of para-hydroxylation sites is 2. The number of nitrogens with zero attached hydrogens (tertiary/aromatic N) is 6. The highest BCUT2D eigenvalue weighted by Crippen LogP contribution is 2.61. The Hall–Kier alpha value is -4.01. The van der Waals surface area contributed by atoms with E-state index in [1.165, 1.54) is 4.80 Å². The fraction of sp³-hybridized carbons (Fsp3) is 0.320. The fourth-order valence-electron chi connectivity index (χ4n) is 5.50. The maximum Gasteiger partial charge on any atom is 0.194 e. The molecule has 6 rings (SSSR count). The highest BCUT2D eigenvalue weighted by molar-refractivity contribution is 6.06. The Morgan fingerprint density at radius 2 is 2.00 bits per heavy atom. The van der Waals surface area contributed by atoms with Gasteiger partial charge in [-0.2, -0.15) is 20.1 Å².